The van der Waals surface area contributed by atoms with Crippen molar-refractivity contribution in [3.63, 3.8) is 0 Å². The van der Waals surface area contributed by atoms with E-state index >= 15 is 0 Å². The number of rotatable bonds is 4. The summed E-state index contributed by atoms with van der Waals surface area (Å²) in [6.07, 6.45) is 0.328. The van der Waals surface area contributed by atoms with Crippen molar-refractivity contribution in [1.82, 2.24) is 16.0 Å². The predicted molar refractivity (Wildman–Crippen MR) is 82.5 cm³/mol. The highest BCUT2D eigenvalue weighted by molar-refractivity contribution is 5.95. The van der Waals surface area contributed by atoms with Gasteiger partial charge in [-0.15, -0.1) is 0 Å². The SMILES string of the molecule is CNC(=O)N[C@@H](C)C(=O)NCC1CC(=O)Nc2ccccc21. The number of fused-ring (bicyclic) bond motifs is 1. The van der Waals surface area contributed by atoms with Gasteiger partial charge in [-0.3, -0.25) is 9.59 Å². The number of hydrogen-bond acceptors (Lipinski definition) is 3. The fourth-order valence-electron chi connectivity index (χ4n) is 2.40. The number of para-hydroxylation sites is 1. The van der Waals surface area contributed by atoms with Crippen molar-refractivity contribution in [3.8, 4) is 0 Å². The molecule has 1 aliphatic rings. The van der Waals surface area contributed by atoms with Crippen molar-refractivity contribution in [3.05, 3.63) is 29.8 Å². The Bertz CT molecular complexity index is 588. The van der Waals surface area contributed by atoms with Crippen LogP contribution in [0.5, 0.6) is 0 Å². The Kier molecular flexibility index (Phi) is 4.98. The van der Waals surface area contributed by atoms with Crippen LogP contribution in [0.4, 0.5) is 10.5 Å². The number of carbonyl (C=O) groups is 3. The first-order valence-corrected chi connectivity index (χ1v) is 7.16. The summed E-state index contributed by atoms with van der Waals surface area (Å²) in [5, 5.41) is 10.5. The lowest BCUT2D eigenvalue weighted by Crippen LogP contribution is -2.48. The molecule has 7 nitrogen and oxygen atoms in total. The Morgan fingerprint density at radius 2 is 2.09 bits per heavy atom. The molecule has 0 fully saturated rings. The zero-order valence-corrected chi connectivity index (χ0v) is 12.6. The van der Waals surface area contributed by atoms with E-state index in [1.54, 1.807) is 6.92 Å². The first-order valence-electron chi connectivity index (χ1n) is 7.16. The molecule has 4 N–H and O–H groups in total. The van der Waals surface area contributed by atoms with Crippen LogP contribution < -0.4 is 21.3 Å². The highest BCUT2D eigenvalue weighted by Gasteiger charge is 2.25. The average molecular weight is 304 g/mol. The van der Waals surface area contributed by atoms with Gasteiger partial charge in [0.2, 0.25) is 11.8 Å². The molecule has 2 atom stereocenters. The van der Waals surface area contributed by atoms with Crippen LogP contribution in [0.2, 0.25) is 0 Å². The molecule has 0 aliphatic carbocycles. The molecular weight excluding hydrogens is 284 g/mol. The normalized spacial score (nSPS) is 17.7. The zero-order valence-electron chi connectivity index (χ0n) is 12.6. The van der Waals surface area contributed by atoms with Gasteiger partial charge in [-0.05, 0) is 18.6 Å². The Balaban J connectivity index is 1.95. The van der Waals surface area contributed by atoms with Gasteiger partial charge >= 0.3 is 6.03 Å². The van der Waals surface area contributed by atoms with Gasteiger partial charge in [0.05, 0.1) is 0 Å². The Hall–Kier alpha value is -2.57. The molecule has 1 heterocycles. The summed E-state index contributed by atoms with van der Waals surface area (Å²) >= 11 is 0. The van der Waals surface area contributed by atoms with Gasteiger partial charge in [-0.2, -0.15) is 0 Å². The second kappa shape index (κ2) is 6.93. The fraction of sp³-hybridized carbons (Fsp3) is 0.400. The number of urea groups is 1. The Morgan fingerprint density at radius 1 is 1.36 bits per heavy atom. The predicted octanol–water partition coefficient (Wildman–Crippen LogP) is 0.546. The number of amides is 4. The molecule has 0 radical (unpaired) electrons. The van der Waals surface area contributed by atoms with Gasteiger partial charge in [-0.25, -0.2) is 4.79 Å². The molecule has 1 aromatic rings. The molecule has 0 aromatic heterocycles. The van der Waals surface area contributed by atoms with E-state index in [1.807, 2.05) is 24.3 Å². The second-order valence-corrected chi connectivity index (χ2v) is 5.23. The lowest BCUT2D eigenvalue weighted by Gasteiger charge is -2.26. The van der Waals surface area contributed by atoms with Gasteiger partial charge in [-0.1, -0.05) is 18.2 Å². The first-order chi connectivity index (χ1) is 10.5. The van der Waals surface area contributed by atoms with Crippen LogP contribution in [0.15, 0.2) is 24.3 Å². The van der Waals surface area contributed by atoms with Gasteiger partial charge < -0.3 is 21.3 Å². The van der Waals surface area contributed by atoms with E-state index in [9.17, 15) is 14.4 Å². The molecule has 2 rings (SSSR count). The molecule has 0 bridgehead atoms. The standard InChI is InChI=1S/C15H20N4O3/c1-9(18-15(22)16-2)14(21)17-8-10-7-13(20)19-12-6-4-3-5-11(10)12/h3-6,9-10H,7-8H2,1-2H3,(H,17,21)(H,19,20)(H2,16,18,22)/t9-,10?/m0/s1. The van der Waals surface area contributed by atoms with Crippen LogP contribution in [-0.4, -0.2) is 37.5 Å². The van der Waals surface area contributed by atoms with Crippen molar-refractivity contribution in [2.45, 2.75) is 25.3 Å². The highest BCUT2D eigenvalue weighted by atomic mass is 16.2. The Morgan fingerprint density at radius 3 is 2.82 bits per heavy atom. The molecule has 0 spiro atoms. The smallest absolute Gasteiger partial charge is 0.315 e. The monoisotopic (exact) mass is 304 g/mol. The molecule has 0 saturated heterocycles. The van der Waals surface area contributed by atoms with E-state index < -0.39 is 12.1 Å². The summed E-state index contributed by atoms with van der Waals surface area (Å²) < 4.78 is 0. The van der Waals surface area contributed by atoms with Gasteiger partial charge in [0, 0.05) is 31.6 Å². The van der Waals surface area contributed by atoms with E-state index in [2.05, 4.69) is 21.3 Å². The third-order valence-corrected chi connectivity index (χ3v) is 3.60. The van der Waals surface area contributed by atoms with Crippen molar-refractivity contribution in [1.29, 1.82) is 0 Å². The van der Waals surface area contributed by atoms with Crippen LogP contribution in [0.25, 0.3) is 0 Å². The van der Waals surface area contributed by atoms with E-state index in [-0.39, 0.29) is 17.7 Å². The molecule has 1 unspecified atom stereocenters. The maximum atomic E-state index is 12.0. The first kappa shape index (κ1) is 15.8. The average Bonchev–Trinajstić information content (AvgIpc) is 2.51. The quantitative estimate of drug-likeness (QED) is 0.653. The second-order valence-electron chi connectivity index (χ2n) is 5.23. The van der Waals surface area contributed by atoms with Crippen molar-refractivity contribution in [2.24, 2.45) is 0 Å². The lowest BCUT2D eigenvalue weighted by atomic mass is 9.90. The summed E-state index contributed by atoms with van der Waals surface area (Å²) in [5.41, 5.74) is 1.80. The molecular formula is C15H20N4O3. The molecule has 1 aliphatic heterocycles. The van der Waals surface area contributed by atoms with Crippen molar-refractivity contribution in [2.75, 3.05) is 18.9 Å². The van der Waals surface area contributed by atoms with Crippen LogP contribution in [0, 0.1) is 0 Å². The zero-order chi connectivity index (χ0) is 16.1. The fourth-order valence-corrected chi connectivity index (χ4v) is 2.40. The summed E-state index contributed by atoms with van der Waals surface area (Å²) in [6, 6.07) is 6.49. The molecule has 22 heavy (non-hydrogen) atoms. The van der Waals surface area contributed by atoms with Gasteiger partial charge in [0.15, 0.2) is 0 Å². The number of anilines is 1. The van der Waals surface area contributed by atoms with Crippen LogP contribution >= 0.6 is 0 Å². The largest absolute Gasteiger partial charge is 0.354 e. The third kappa shape index (κ3) is 3.75. The van der Waals surface area contributed by atoms with Gasteiger partial charge in [0.1, 0.15) is 6.04 Å². The molecule has 4 amide bonds. The van der Waals surface area contributed by atoms with E-state index in [4.69, 9.17) is 0 Å². The van der Waals surface area contributed by atoms with Crippen LogP contribution in [0.1, 0.15) is 24.8 Å². The number of carbonyl (C=O) groups excluding carboxylic acids is 3. The van der Waals surface area contributed by atoms with Crippen molar-refractivity contribution < 1.29 is 14.4 Å². The van der Waals surface area contributed by atoms with Crippen LogP contribution in [0.3, 0.4) is 0 Å². The summed E-state index contributed by atoms with van der Waals surface area (Å²) in [5.74, 6) is -0.414. The van der Waals surface area contributed by atoms with E-state index in [0.717, 1.165) is 11.3 Å². The summed E-state index contributed by atoms with van der Waals surface area (Å²) in [4.78, 5) is 34.9. The third-order valence-electron chi connectivity index (χ3n) is 3.60. The minimum Gasteiger partial charge on any atom is -0.354 e. The maximum Gasteiger partial charge on any atom is 0.315 e. The van der Waals surface area contributed by atoms with Crippen molar-refractivity contribution >= 4 is 23.5 Å². The highest BCUT2D eigenvalue weighted by Crippen LogP contribution is 2.31. The molecule has 118 valence electrons. The molecule has 1 aromatic carbocycles. The minimum absolute atomic E-state index is 0.0607. The summed E-state index contributed by atoms with van der Waals surface area (Å²) in [7, 11) is 1.48. The van der Waals surface area contributed by atoms with E-state index in [0.29, 0.717) is 13.0 Å². The minimum atomic E-state index is -0.646. The number of benzene rings is 1. The van der Waals surface area contributed by atoms with E-state index in [1.165, 1.54) is 7.05 Å². The topological polar surface area (TPSA) is 99.3 Å². The Labute approximate surface area is 128 Å². The maximum absolute atomic E-state index is 12.0. The molecule has 0 saturated carbocycles. The number of nitrogens with one attached hydrogen (secondary N) is 4. The van der Waals surface area contributed by atoms with Gasteiger partial charge in [0.25, 0.3) is 0 Å². The molecule has 7 heteroatoms. The van der Waals surface area contributed by atoms with Crippen LogP contribution in [-0.2, 0) is 9.59 Å². The number of hydrogen-bond donors (Lipinski definition) is 4. The summed E-state index contributed by atoms with van der Waals surface area (Å²) in [6.45, 7) is 1.95. The lowest BCUT2D eigenvalue weighted by molar-refractivity contribution is -0.123.